The number of anilines is 2. The van der Waals surface area contributed by atoms with E-state index < -0.39 is 0 Å². The highest BCUT2D eigenvalue weighted by Gasteiger charge is 2.05. The monoisotopic (exact) mass is 260 g/mol. The van der Waals surface area contributed by atoms with Crippen molar-refractivity contribution in [3.8, 4) is 0 Å². The third-order valence-corrected chi connectivity index (χ3v) is 2.87. The molecule has 0 saturated carbocycles. The minimum absolute atomic E-state index is 0.396. The normalized spacial score (nSPS) is 12.2. The topological polar surface area (TPSA) is 63.0 Å². The number of nitrogens with zero attached hydrogens (tertiary/aromatic N) is 2. The molecule has 0 radical (unpaired) electrons. The first-order chi connectivity index (χ1) is 9.17. The number of hydrogen-bond donors (Lipinski definition) is 2. The van der Waals surface area contributed by atoms with Gasteiger partial charge < -0.3 is 15.1 Å². The molecule has 0 bridgehead atoms. The fraction of sp³-hybridized carbons (Fsp3) is 0.429. The van der Waals surface area contributed by atoms with Crippen LogP contribution in [0.15, 0.2) is 28.9 Å². The molecule has 0 amide bonds. The first-order valence-corrected chi connectivity index (χ1v) is 6.56. The maximum atomic E-state index is 5.28. The van der Waals surface area contributed by atoms with Gasteiger partial charge in [-0.25, -0.2) is 9.97 Å². The summed E-state index contributed by atoms with van der Waals surface area (Å²) in [6.07, 6.45) is 2.72. The Balaban J connectivity index is 2.03. The fourth-order valence-electron chi connectivity index (χ4n) is 1.68. The Labute approximate surface area is 113 Å². The lowest BCUT2D eigenvalue weighted by Crippen LogP contribution is -2.15. The number of nitrogens with one attached hydrogen (secondary N) is 2. The average Bonchev–Trinajstić information content (AvgIpc) is 2.88. The minimum atomic E-state index is 0.396. The van der Waals surface area contributed by atoms with Crippen LogP contribution in [0.1, 0.15) is 31.9 Å². The summed E-state index contributed by atoms with van der Waals surface area (Å²) in [5.41, 5.74) is 0. The van der Waals surface area contributed by atoms with Gasteiger partial charge in [-0.3, -0.25) is 0 Å². The van der Waals surface area contributed by atoms with Crippen LogP contribution in [-0.2, 0) is 6.54 Å². The van der Waals surface area contributed by atoms with Gasteiger partial charge in [-0.15, -0.1) is 0 Å². The van der Waals surface area contributed by atoms with Crippen molar-refractivity contribution in [2.45, 2.75) is 39.8 Å². The lowest BCUT2D eigenvalue weighted by atomic mass is 10.2. The summed E-state index contributed by atoms with van der Waals surface area (Å²) in [5, 5.41) is 6.59. The van der Waals surface area contributed by atoms with Crippen molar-refractivity contribution < 1.29 is 4.42 Å². The second kappa shape index (κ2) is 6.22. The zero-order chi connectivity index (χ0) is 13.7. The molecule has 5 nitrogen and oxygen atoms in total. The van der Waals surface area contributed by atoms with E-state index in [4.69, 9.17) is 4.42 Å². The smallest absolute Gasteiger partial charge is 0.132 e. The molecule has 0 spiro atoms. The number of aryl methyl sites for hydroxylation is 1. The van der Waals surface area contributed by atoms with Crippen molar-refractivity contribution in [1.82, 2.24) is 9.97 Å². The summed E-state index contributed by atoms with van der Waals surface area (Å²) in [6, 6.07) is 6.12. The van der Waals surface area contributed by atoms with E-state index in [1.165, 1.54) is 0 Å². The molecular formula is C14H20N4O. The molecule has 2 aromatic rings. The molecular weight excluding hydrogens is 240 g/mol. The van der Waals surface area contributed by atoms with Crippen LogP contribution in [0.25, 0.3) is 0 Å². The van der Waals surface area contributed by atoms with Crippen LogP contribution in [-0.4, -0.2) is 16.0 Å². The highest BCUT2D eigenvalue weighted by molar-refractivity contribution is 5.48. The van der Waals surface area contributed by atoms with E-state index >= 15 is 0 Å². The van der Waals surface area contributed by atoms with E-state index in [1.54, 1.807) is 6.26 Å². The number of hydrogen-bond acceptors (Lipinski definition) is 5. The molecule has 0 aliphatic rings. The first kappa shape index (κ1) is 13.4. The average molecular weight is 260 g/mol. The van der Waals surface area contributed by atoms with Gasteiger partial charge in [0.05, 0.1) is 12.8 Å². The molecule has 0 fully saturated rings. The van der Waals surface area contributed by atoms with Crippen LogP contribution >= 0.6 is 0 Å². The Morgan fingerprint density at radius 2 is 2.11 bits per heavy atom. The van der Waals surface area contributed by atoms with E-state index in [0.29, 0.717) is 12.6 Å². The largest absolute Gasteiger partial charge is 0.467 e. The van der Waals surface area contributed by atoms with Gasteiger partial charge in [-0.2, -0.15) is 0 Å². The van der Waals surface area contributed by atoms with E-state index in [9.17, 15) is 0 Å². The summed E-state index contributed by atoms with van der Waals surface area (Å²) in [6.45, 7) is 6.78. The van der Waals surface area contributed by atoms with Gasteiger partial charge >= 0.3 is 0 Å². The van der Waals surface area contributed by atoms with E-state index in [1.807, 2.05) is 25.1 Å². The van der Waals surface area contributed by atoms with E-state index in [2.05, 4.69) is 34.4 Å². The predicted molar refractivity (Wildman–Crippen MR) is 76.2 cm³/mol. The van der Waals surface area contributed by atoms with Crippen LogP contribution in [0.2, 0.25) is 0 Å². The number of furan rings is 1. The molecule has 1 unspecified atom stereocenters. The van der Waals surface area contributed by atoms with Crippen molar-refractivity contribution in [3.63, 3.8) is 0 Å². The third-order valence-electron chi connectivity index (χ3n) is 2.87. The van der Waals surface area contributed by atoms with Gasteiger partial charge in [0, 0.05) is 12.1 Å². The molecule has 0 aliphatic heterocycles. The molecule has 1 atom stereocenters. The summed E-state index contributed by atoms with van der Waals surface area (Å²) >= 11 is 0. The molecule has 102 valence electrons. The van der Waals surface area contributed by atoms with E-state index in [-0.39, 0.29) is 0 Å². The lowest BCUT2D eigenvalue weighted by molar-refractivity contribution is 0.518. The summed E-state index contributed by atoms with van der Waals surface area (Å²) in [5.74, 6) is 3.28. The Morgan fingerprint density at radius 1 is 1.32 bits per heavy atom. The minimum Gasteiger partial charge on any atom is -0.467 e. The standard InChI is InChI=1S/C14H20N4O/c1-4-10(2)16-14-8-13(17-11(3)18-14)15-9-12-6-5-7-19-12/h5-8,10H,4,9H2,1-3H3,(H2,15,16,17,18). The van der Waals surface area contributed by atoms with E-state index in [0.717, 1.165) is 29.6 Å². The van der Waals surface area contributed by atoms with Crippen molar-refractivity contribution in [3.05, 3.63) is 36.0 Å². The second-order valence-electron chi connectivity index (χ2n) is 4.57. The van der Waals surface area contributed by atoms with Gasteiger partial charge in [0.1, 0.15) is 23.2 Å². The fourth-order valence-corrected chi connectivity index (χ4v) is 1.68. The molecule has 2 heterocycles. The van der Waals surface area contributed by atoms with Crippen molar-refractivity contribution in [2.24, 2.45) is 0 Å². The number of aromatic nitrogens is 2. The van der Waals surface area contributed by atoms with Crippen molar-refractivity contribution >= 4 is 11.6 Å². The molecule has 0 saturated heterocycles. The third kappa shape index (κ3) is 3.98. The molecule has 2 rings (SSSR count). The summed E-state index contributed by atoms with van der Waals surface area (Å²) < 4.78 is 5.28. The maximum absolute atomic E-state index is 5.28. The first-order valence-electron chi connectivity index (χ1n) is 6.56. The Bertz CT molecular complexity index is 510. The predicted octanol–water partition coefficient (Wildman–Crippen LogP) is 3.20. The number of rotatable bonds is 6. The zero-order valence-corrected chi connectivity index (χ0v) is 11.6. The van der Waals surface area contributed by atoms with Crippen LogP contribution in [0.5, 0.6) is 0 Å². The SMILES string of the molecule is CCC(C)Nc1cc(NCc2ccco2)nc(C)n1. The van der Waals surface area contributed by atoms with Gasteiger partial charge in [0.15, 0.2) is 0 Å². The molecule has 2 N–H and O–H groups in total. The van der Waals surface area contributed by atoms with Gasteiger partial charge in [0.25, 0.3) is 0 Å². The molecule has 19 heavy (non-hydrogen) atoms. The van der Waals surface area contributed by atoms with Crippen LogP contribution in [0.4, 0.5) is 11.6 Å². The van der Waals surface area contributed by atoms with Crippen LogP contribution in [0.3, 0.4) is 0 Å². The van der Waals surface area contributed by atoms with Gasteiger partial charge in [0.2, 0.25) is 0 Å². The zero-order valence-electron chi connectivity index (χ0n) is 11.6. The highest BCUT2D eigenvalue weighted by atomic mass is 16.3. The summed E-state index contributed by atoms with van der Waals surface area (Å²) in [4.78, 5) is 8.74. The molecule has 0 aromatic carbocycles. The van der Waals surface area contributed by atoms with Gasteiger partial charge in [-0.05, 0) is 32.4 Å². The maximum Gasteiger partial charge on any atom is 0.132 e. The molecule has 5 heteroatoms. The molecule has 2 aromatic heterocycles. The summed E-state index contributed by atoms with van der Waals surface area (Å²) in [7, 11) is 0. The molecule has 0 aliphatic carbocycles. The quantitative estimate of drug-likeness (QED) is 0.835. The van der Waals surface area contributed by atoms with Gasteiger partial charge in [-0.1, -0.05) is 6.92 Å². The van der Waals surface area contributed by atoms with Crippen molar-refractivity contribution in [1.29, 1.82) is 0 Å². The highest BCUT2D eigenvalue weighted by Crippen LogP contribution is 2.14. The Morgan fingerprint density at radius 3 is 2.79 bits per heavy atom. The Hall–Kier alpha value is -2.04. The second-order valence-corrected chi connectivity index (χ2v) is 4.57. The lowest BCUT2D eigenvalue weighted by Gasteiger charge is -2.13. The van der Waals surface area contributed by atoms with Crippen molar-refractivity contribution in [2.75, 3.05) is 10.6 Å². The Kier molecular flexibility index (Phi) is 4.39. The van der Waals surface area contributed by atoms with Crippen LogP contribution < -0.4 is 10.6 Å². The van der Waals surface area contributed by atoms with Crippen LogP contribution in [0, 0.1) is 6.92 Å².